The Morgan fingerprint density at radius 2 is 2.07 bits per heavy atom. The third-order valence-electron chi connectivity index (χ3n) is 5.27. The first kappa shape index (κ1) is 20.1. The van der Waals surface area contributed by atoms with Gasteiger partial charge in [-0.05, 0) is 30.4 Å². The highest BCUT2D eigenvalue weighted by molar-refractivity contribution is 8.00. The van der Waals surface area contributed by atoms with Crippen LogP contribution in [0.25, 0.3) is 0 Å². The Morgan fingerprint density at radius 1 is 1.20 bits per heavy atom. The molecule has 0 unspecified atom stereocenters. The summed E-state index contributed by atoms with van der Waals surface area (Å²) in [4.78, 5) is 16.0. The average Bonchev–Trinajstić information content (AvgIpc) is 3.13. The Balaban J connectivity index is 1.28. The van der Waals surface area contributed by atoms with Gasteiger partial charge < -0.3 is 9.47 Å². The van der Waals surface area contributed by atoms with E-state index in [0.717, 1.165) is 36.0 Å². The van der Waals surface area contributed by atoms with Crippen molar-refractivity contribution in [1.29, 1.82) is 0 Å². The second kappa shape index (κ2) is 8.72. The number of halogens is 1. The number of benzene rings is 1. The number of hydrogen-bond donors (Lipinski definition) is 0. The van der Waals surface area contributed by atoms with Crippen molar-refractivity contribution in [2.75, 3.05) is 18.1 Å². The highest BCUT2D eigenvalue weighted by Crippen LogP contribution is 2.41. The maximum atomic E-state index is 14.3. The molecule has 1 atom stereocenters. The Hall–Kier alpha value is -1.84. The predicted molar refractivity (Wildman–Crippen MR) is 119 cm³/mol. The van der Waals surface area contributed by atoms with Crippen LogP contribution >= 0.6 is 34.9 Å². The minimum absolute atomic E-state index is 0.0170. The fourth-order valence-electron chi connectivity index (χ4n) is 3.66. The van der Waals surface area contributed by atoms with E-state index < -0.39 is 0 Å². The van der Waals surface area contributed by atoms with E-state index in [2.05, 4.69) is 26.2 Å². The molecule has 1 aromatic carbocycles. The van der Waals surface area contributed by atoms with E-state index in [0.29, 0.717) is 18.2 Å². The molecule has 30 heavy (non-hydrogen) atoms. The van der Waals surface area contributed by atoms with Crippen molar-refractivity contribution in [2.24, 2.45) is 0 Å². The minimum Gasteiger partial charge on any atom is -0.325 e. The molecule has 2 fully saturated rings. The van der Waals surface area contributed by atoms with Crippen LogP contribution in [0.3, 0.4) is 0 Å². The fourth-order valence-corrected chi connectivity index (χ4v) is 6.57. The molecule has 2 aliphatic rings. The third kappa shape index (κ3) is 4.15. The van der Waals surface area contributed by atoms with Gasteiger partial charge in [-0.15, -0.1) is 33.3 Å². The van der Waals surface area contributed by atoms with Crippen molar-refractivity contribution in [2.45, 2.75) is 35.8 Å². The number of aromatic nitrogens is 3. The molecule has 1 aliphatic heterocycles. The first-order chi connectivity index (χ1) is 14.7. The van der Waals surface area contributed by atoms with Crippen molar-refractivity contribution in [3.05, 3.63) is 63.9 Å². The summed E-state index contributed by atoms with van der Waals surface area (Å²) in [6.45, 7) is 0.641. The van der Waals surface area contributed by atoms with Crippen LogP contribution in [0, 0.1) is 5.82 Å². The molecule has 3 heterocycles. The normalized spacial score (nSPS) is 18.8. The van der Waals surface area contributed by atoms with Gasteiger partial charge in [0.2, 0.25) is 5.91 Å². The second-order valence-electron chi connectivity index (χ2n) is 7.38. The molecule has 1 aliphatic carbocycles. The van der Waals surface area contributed by atoms with Gasteiger partial charge in [0, 0.05) is 35.2 Å². The lowest BCUT2D eigenvalue weighted by Gasteiger charge is -2.24. The highest BCUT2D eigenvalue weighted by atomic mass is 32.2. The summed E-state index contributed by atoms with van der Waals surface area (Å²) in [5, 5.41) is 11.4. The molecule has 0 N–H and O–H groups in total. The molecule has 0 bridgehead atoms. The molecular weight excluding hydrogens is 439 g/mol. The van der Waals surface area contributed by atoms with Gasteiger partial charge in [-0.3, -0.25) is 4.79 Å². The molecule has 0 spiro atoms. The zero-order valence-electron chi connectivity index (χ0n) is 16.2. The van der Waals surface area contributed by atoms with E-state index in [-0.39, 0.29) is 22.9 Å². The standard InChI is InChI=1S/C21H21FN4OS3/c22-17-6-2-1-5-16(17)20-25(9-11-29-20)19(27)13-30-21-24-23-18(26(21)14-7-8-14)12-15-4-3-10-28-15/h1-6,10,14,20H,7-9,11-13H2/t20-/m0/s1. The zero-order valence-corrected chi connectivity index (χ0v) is 18.7. The molecule has 2 aromatic heterocycles. The van der Waals surface area contributed by atoms with Gasteiger partial charge in [0.1, 0.15) is 17.0 Å². The van der Waals surface area contributed by atoms with E-state index >= 15 is 0 Å². The third-order valence-corrected chi connectivity index (χ3v) is 8.31. The maximum Gasteiger partial charge on any atom is 0.234 e. The summed E-state index contributed by atoms with van der Waals surface area (Å²) in [6, 6.07) is 11.3. The predicted octanol–water partition coefficient (Wildman–Crippen LogP) is 4.77. The minimum atomic E-state index is -0.256. The summed E-state index contributed by atoms with van der Waals surface area (Å²) in [6.07, 6.45) is 3.04. The van der Waals surface area contributed by atoms with Crippen LogP contribution in [0.5, 0.6) is 0 Å². The van der Waals surface area contributed by atoms with E-state index in [1.54, 1.807) is 40.1 Å². The molecule has 0 radical (unpaired) electrons. The number of nitrogens with zero attached hydrogens (tertiary/aromatic N) is 4. The smallest absolute Gasteiger partial charge is 0.234 e. The van der Waals surface area contributed by atoms with E-state index in [4.69, 9.17) is 0 Å². The summed E-state index contributed by atoms with van der Waals surface area (Å²) < 4.78 is 16.5. The number of hydrogen-bond acceptors (Lipinski definition) is 6. The summed E-state index contributed by atoms with van der Waals surface area (Å²) in [5.74, 6) is 1.84. The topological polar surface area (TPSA) is 51.0 Å². The monoisotopic (exact) mass is 460 g/mol. The largest absolute Gasteiger partial charge is 0.325 e. The molecule has 1 amide bonds. The molecule has 1 saturated heterocycles. The average molecular weight is 461 g/mol. The Labute approximate surface area is 187 Å². The van der Waals surface area contributed by atoms with E-state index in [1.165, 1.54) is 22.7 Å². The number of thioether (sulfide) groups is 2. The molecule has 9 heteroatoms. The van der Waals surface area contributed by atoms with Crippen LogP contribution in [0.2, 0.25) is 0 Å². The zero-order chi connectivity index (χ0) is 20.5. The van der Waals surface area contributed by atoms with Gasteiger partial charge in [-0.1, -0.05) is 36.0 Å². The highest BCUT2D eigenvalue weighted by Gasteiger charge is 2.33. The van der Waals surface area contributed by atoms with Gasteiger partial charge in [0.15, 0.2) is 5.16 Å². The van der Waals surface area contributed by atoms with Crippen molar-refractivity contribution in [3.63, 3.8) is 0 Å². The van der Waals surface area contributed by atoms with Crippen molar-refractivity contribution in [1.82, 2.24) is 19.7 Å². The molecule has 5 rings (SSSR count). The quantitative estimate of drug-likeness (QED) is 0.476. The van der Waals surface area contributed by atoms with Crippen molar-refractivity contribution < 1.29 is 9.18 Å². The molecule has 3 aromatic rings. The van der Waals surface area contributed by atoms with Crippen LogP contribution in [-0.4, -0.2) is 43.6 Å². The lowest BCUT2D eigenvalue weighted by Crippen LogP contribution is -2.32. The van der Waals surface area contributed by atoms with Gasteiger partial charge in [-0.2, -0.15) is 0 Å². The SMILES string of the molecule is O=C(CSc1nnc(Cc2cccs2)n1C1CC1)N1CCS[C@H]1c1ccccc1F. The van der Waals surface area contributed by atoms with Crippen molar-refractivity contribution in [3.8, 4) is 0 Å². The van der Waals surface area contributed by atoms with Gasteiger partial charge in [0.05, 0.1) is 5.75 Å². The van der Waals surface area contributed by atoms with Gasteiger partial charge in [-0.25, -0.2) is 4.39 Å². The van der Waals surface area contributed by atoms with E-state index in [9.17, 15) is 9.18 Å². The van der Waals surface area contributed by atoms with Crippen LogP contribution in [0.15, 0.2) is 46.9 Å². The molecule has 1 saturated carbocycles. The summed E-state index contributed by atoms with van der Waals surface area (Å²) in [5.41, 5.74) is 0.581. The lowest BCUT2D eigenvalue weighted by molar-refractivity contribution is -0.128. The van der Waals surface area contributed by atoms with Crippen LogP contribution in [-0.2, 0) is 11.2 Å². The maximum absolute atomic E-state index is 14.3. The summed E-state index contributed by atoms with van der Waals surface area (Å²) >= 11 is 4.78. The number of amides is 1. The Bertz CT molecular complexity index is 1030. The summed E-state index contributed by atoms with van der Waals surface area (Å²) in [7, 11) is 0. The Morgan fingerprint density at radius 3 is 2.83 bits per heavy atom. The van der Waals surface area contributed by atoms with Gasteiger partial charge >= 0.3 is 0 Å². The van der Waals surface area contributed by atoms with Crippen molar-refractivity contribution >= 4 is 40.8 Å². The first-order valence-electron chi connectivity index (χ1n) is 9.95. The first-order valence-corrected chi connectivity index (χ1v) is 12.9. The van der Waals surface area contributed by atoms with Crippen LogP contribution in [0.4, 0.5) is 4.39 Å². The van der Waals surface area contributed by atoms with Crippen LogP contribution in [0.1, 0.15) is 40.5 Å². The van der Waals surface area contributed by atoms with Crippen LogP contribution < -0.4 is 0 Å². The lowest BCUT2D eigenvalue weighted by atomic mass is 10.2. The number of thiophene rings is 1. The molecule has 156 valence electrons. The number of carbonyl (C=O) groups is 1. The Kier molecular flexibility index (Phi) is 5.84. The molecular formula is C21H21FN4OS3. The second-order valence-corrected chi connectivity index (χ2v) is 10.5. The number of carbonyl (C=O) groups excluding carboxylic acids is 1. The number of rotatable bonds is 7. The molecule has 5 nitrogen and oxygen atoms in total. The van der Waals surface area contributed by atoms with Gasteiger partial charge in [0.25, 0.3) is 0 Å². The van der Waals surface area contributed by atoms with E-state index in [1.807, 2.05) is 12.1 Å². The fraction of sp³-hybridized carbons (Fsp3) is 0.381.